The fourth-order valence-corrected chi connectivity index (χ4v) is 7.58. The topological polar surface area (TPSA) is 117 Å². The van der Waals surface area contributed by atoms with Gasteiger partial charge < -0.3 is 19.6 Å². The Hall–Kier alpha value is -2.11. The van der Waals surface area contributed by atoms with Crippen LogP contribution in [0.1, 0.15) is 13.8 Å². The Balaban J connectivity index is 1.85. The monoisotopic (exact) mass is 455 g/mol. The summed E-state index contributed by atoms with van der Waals surface area (Å²) < 4.78 is 29.1. The molecule has 164 valence electrons. The number of hydrogen-bond donors (Lipinski definition) is 1. The van der Waals surface area contributed by atoms with Crippen molar-refractivity contribution in [1.82, 2.24) is 0 Å². The van der Waals surface area contributed by atoms with Gasteiger partial charge in [-0.15, -0.1) is 0 Å². The molecule has 0 aromatic heterocycles. The summed E-state index contributed by atoms with van der Waals surface area (Å²) in [4.78, 5) is 30.8. The molecule has 0 spiro atoms. The number of hydrogen-bond acceptors (Lipinski definition) is 7. The Kier molecular flexibility index (Phi) is 7.04. The molecule has 2 saturated heterocycles. The predicted octanol–water partition coefficient (Wildman–Crippen LogP) is 1.24. The molecule has 0 bridgehead atoms. The molecule has 1 aromatic carbocycles. The predicted molar refractivity (Wildman–Crippen MR) is 117 cm³/mol. The summed E-state index contributed by atoms with van der Waals surface area (Å²) in [6.45, 7) is 4.87. The van der Waals surface area contributed by atoms with Crippen LogP contribution in [0.15, 0.2) is 29.3 Å². The maximum atomic E-state index is 12.2. The number of aliphatic carboxylic acids is 1. The number of thioether (sulfide) groups is 1. The molecule has 1 amide bonds. The van der Waals surface area contributed by atoms with Crippen molar-refractivity contribution in [2.75, 3.05) is 47.6 Å². The number of carbonyl (C=O) groups excluding carboxylic acids is 1. The first-order valence-corrected chi connectivity index (χ1v) is 12.4. The Morgan fingerprint density at radius 3 is 2.47 bits per heavy atom. The molecule has 30 heavy (non-hydrogen) atoms. The molecule has 1 N–H and O–H groups in total. The molecule has 1 aromatic rings. The molecule has 3 rings (SSSR count). The number of ether oxygens (including phenoxy) is 1. The summed E-state index contributed by atoms with van der Waals surface area (Å²) in [7, 11) is -3.15. The normalized spacial score (nSPS) is 23.5. The number of amidine groups is 1. The largest absolute Gasteiger partial charge is 0.480 e. The summed E-state index contributed by atoms with van der Waals surface area (Å²) in [5.74, 6) is -1.73. The van der Waals surface area contributed by atoms with Crippen LogP contribution >= 0.6 is 11.8 Å². The van der Waals surface area contributed by atoms with Gasteiger partial charge >= 0.3 is 5.97 Å². The highest BCUT2D eigenvalue weighted by atomic mass is 32.2. The molecule has 2 aliphatic rings. The van der Waals surface area contributed by atoms with E-state index in [4.69, 9.17) is 9.84 Å². The van der Waals surface area contributed by atoms with Gasteiger partial charge in [-0.25, -0.2) is 13.2 Å². The molecule has 0 aliphatic carbocycles. The lowest BCUT2D eigenvalue weighted by Crippen LogP contribution is -2.37. The summed E-state index contributed by atoms with van der Waals surface area (Å²) >= 11 is 1.27. The summed E-state index contributed by atoms with van der Waals surface area (Å²) in [5, 5.41) is 8.82. The van der Waals surface area contributed by atoms with Crippen molar-refractivity contribution in [2.24, 2.45) is 4.99 Å². The highest BCUT2D eigenvalue weighted by Gasteiger charge is 2.49. The quantitative estimate of drug-likeness (QED) is 0.618. The van der Waals surface area contributed by atoms with Crippen molar-refractivity contribution in [3.05, 3.63) is 24.3 Å². The zero-order valence-corrected chi connectivity index (χ0v) is 18.5. The van der Waals surface area contributed by atoms with Gasteiger partial charge in [0.15, 0.2) is 15.0 Å². The molecular formula is C19H25N3O6S2. The van der Waals surface area contributed by atoms with E-state index >= 15 is 0 Å². The third-order valence-corrected chi connectivity index (χ3v) is 8.20. The number of rotatable bonds is 8. The van der Waals surface area contributed by atoms with Gasteiger partial charge in [0, 0.05) is 29.7 Å². The molecular weight excluding hydrogens is 430 g/mol. The van der Waals surface area contributed by atoms with E-state index in [1.807, 2.05) is 24.3 Å². The summed E-state index contributed by atoms with van der Waals surface area (Å²) in [6, 6.07) is 7.45. The number of nitrogens with zero attached hydrogens (tertiary/aromatic N) is 3. The lowest BCUT2D eigenvalue weighted by molar-refractivity contribution is -0.143. The lowest BCUT2D eigenvalue weighted by atomic mass is 10.2. The van der Waals surface area contributed by atoms with Gasteiger partial charge in [-0.1, -0.05) is 11.8 Å². The average Bonchev–Trinajstić information content (AvgIpc) is 3.13. The van der Waals surface area contributed by atoms with E-state index in [1.165, 1.54) is 11.8 Å². The van der Waals surface area contributed by atoms with Gasteiger partial charge in [0.2, 0.25) is 0 Å². The minimum atomic E-state index is -3.15. The zero-order valence-electron chi connectivity index (χ0n) is 16.9. The van der Waals surface area contributed by atoms with E-state index in [1.54, 1.807) is 4.90 Å². The minimum Gasteiger partial charge on any atom is -0.480 e. The number of carboxylic acids is 1. The third kappa shape index (κ3) is 5.13. The van der Waals surface area contributed by atoms with E-state index < -0.39 is 34.9 Å². The number of aliphatic imine (C=N–C) groups is 1. The average molecular weight is 456 g/mol. The highest BCUT2D eigenvalue weighted by molar-refractivity contribution is 8.16. The van der Waals surface area contributed by atoms with Crippen LogP contribution in [0, 0.1) is 0 Å². The van der Waals surface area contributed by atoms with Crippen LogP contribution in [0.25, 0.3) is 0 Å². The smallest absolute Gasteiger partial charge is 0.329 e. The van der Waals surface area contributed by atoms with Crippen molar-refractivity contribution < 1.29 is 27.9 Å². The van der Waals surface area contributed by atoms with Crippen LogP contribution in [0.2, 0.25) is 0 Å². The molecule has 0 radical (unpaired) electrons. The van der Waals surface area contributed by atoms with Crippen molar-refractivity contribution >= 4 is 50.0 Å². The first-order chi connectivity index (χ1) is 14.2. The molecule has 11 heteroatoms. The van der Waals surface area contributed by atoms with E-state index in [0.717, 1.165) is 24.5 Å². The first-order valence-electron chi connectivity index (χ1n) is 9.66. The molecule has 2 heterocycles. The van der Waals surface area contributed by atoms with Crippen LogP contribution in [-0.2, 0) is 24.2 Å². The van der Waals surface area contributed by atoms with Crippen LogP contribution < -0.4 is 9.80 Å². The standard InChI is InChI=1S/C19H25N3O6S2/c1-3-21(4-2)13-5-7-14(8-6-13)22-15-11-30(26,27)12-16(15)29-19(22)20-17(23)9-28-10-18(24)25/h5-8,15-16H,3-4,9-12H2,1-2H3,(H,24,25)/t15-,16-/m0/s1. The maximum absolute atomic E-state index is 12.2. The second-order valence-electron chi connectivity index (χ2n) is 7.03. The number of carboxylic acid groups (broad SMARTS) is 1. The van der Waals surface area contributed by atoms with Gasteiger partial charge in [-0.2, -0.15) is 4.99 Å². The Bertz CT molecular complexity index is 928. The Morgan fingerprint density at radius 1 is 1.20 bits per heavy atom. The fraction of sp³-hybridized carbons (Fsp3) is 0.526. The number of carbonyl (C=O) groups is 2. The van der Waals surface area contributed by atoms with Crippen molar-refractivity contribution in [2.45, 2.75) is 25.1 Å². The number of anilines is 2. The van der Waals surface area contributed by atoms with Crippen molar-refractivity contribution in [3.8, 4) is 0 Å². The highest BCUT2D eigenvalue weighted by Crippen LogP contribution is 2.41. The van der Waals surface area contributed by atoms with E-state index in [2.05, 4.69) is 23.7 Å². The van der Waals surface area contributed by atoms with Crippen molar-refractivity contribution in [1.29, 1.82) is 0 Å². The van der Waals surface area contributed by atoms with Gasteiger partial charge in [-0.05, 0) is 38.1 Å². The summed E-state index contributed by atoms with van der Waals surface area (Å²) in [5.41, 5.74) is 1.82. The molecule has 2 atom stereocenters. The zero-order chi connectivity index (χ0) is 21.9. The second-order valence-corrected chi connectivity index (χ2v) is 10.4. The van der Waals surface area contributed by atoms with Crippen molar-refractivity contribution in [3.63, 3.8) is 0 Å². The van der Waals surface area contributed by atoms with Gasteiger partial charge in [0.1, 0.15) is 13.2 Å². The van der Waals surface area contributed by atoms with Crippen LogP contribution in [0.4, 0.5) is 11.4 Å². The molecule has 0 unspecified atom stereocenters. The SMILES string of the molecule is CCN(CC)c1ccc(N2C(=NC(=O)COCC(=O)O)S[C@H]3CS(=O)(=O)C[C@@H]32)cc1. The van der Waals surface area contributed by atoms with Crippen LogP contribution in [-0.4, -0.2) is 79.7 Å². The number of benzene rings is 1. The van der Waals surface area contributed by atoms with E-state index in [-0.39, 0.29) is 22.8 Å². The molecule has 2 aliphatic heterocycles. The second kappa shape index (κ2) is 9.36. The van der Waals surface area contributed by atoms with Crippen LogP contribution in [0.5, 0.6) is 0 Å². The van der Waals surface area contributed by atoms with Gasteiger partial charge in [0.25, 0.3) is 5.91 Å². The minimum absolute atomic E-state index is 0.00515. The van der Waals surface area contributed by atoms with Crippen LogP contribution in [0.3, 0.4) is 0 Å². The number of fused-ring (bicyclic) bond motifs is 1. The Labute approximate surface area is 180 Å². The number of sulfone groups is 1. The van der Waals surface area contributed by atoms with Gasteiger partial charge in [0.05, 0.1) is 17.5 Å². The molecule has 0 saturated carbocycles. The maximum Gasteiger partial charge on any atom is 0.329 e. The van der Waals surface area contributed by atoms with Gasteiger partial charge in [-0.3, -0.25) is 4.79 Å². The fourth-order valence-electron chi connectivity index (χ4n) is 3.64. The molecule has 9 nitrogen and oxygen atoms in total. The summed E-state index contributed by atoms with van der Waals surface area (Å²) in [6.07, 6.45) is 0. The van der Waals surface area contributed by atoms with E-state index in [0.29, 0.717) is 5.17 Å². The number of amides is 1. The van der Waals surface area contributed by atoms with E-state index in [9.17, 15) is 18.0 Å². The first kappa shape index (κ1) is 22.6. The third-order valence-electron chi connectivity index (χ3n) is 4.99. The Morgan fingerprint density at radius 2 is 1.87 bits per heavy atom. The lowest BCUT2D eigenvalue weighted by Gasteiger charge is -2.26. The molecule has 2 fully saturated rings.